The van der Waals surface area contributed by atoms with Crippen molar-refractivity contribution in [1.29, 1.82) is 0 Å². The zero-order chi connectivity index (χ0) is 9.84. The minimum Gasteiger partial charge on any atom is -0.480 e. The molecule has 0 bridgehead atoms. The monoisotopic (exact) mass is 186 g/mol. The van der Waals surface area contributed by atoms with E-state index in [9.17, 15) is 4.79 Å². The van der Waals surface area contributed by atoms with Gasteiger partial charge in [0.15, 0.2) is 0 Å². The molecule has 1 aliphatic rings. The summed E-state index contributed by atoms with van der Waals surface area (Å²) in [6, 6.07) is 0.546. The summed E-state index contributed by atoms with van der Waals surface area (Å²) >= 11 is 0. The molecule has 1 atom stereocenters. The smallest absolute Gasteiger partial charge is 0.317 e. The number of carboxylic acid groups (broad SMARTS) is 1. The fourth-order valence-corrected chi connectivity index (χ4v) is 1.87. The summed E-state index contributed by atoms with van der Waals surface area (Å²) < 4.78 is 0. The average Bonchev–Trinajstić information content (AvgIpc) is 2.34. The predicted molar refractivity (Wildman–Crippen MR) is 50.8 cm³/mol. The molecular weight excluding hydrogens is 168 g/mol. The molecule has 0 aromatic carbocycles. The lowest BCUT2D eigenvalue weighted by Gasteiger charge is -2.24. The van der Waals surface area contributed by atoms with Crippen LogP contribution in [0, 0.1) is 0 Å². The van der Waals surface area contributed by atoms with E-state index in [2.05, 4.69) is 11.9 Å². The zero-order valence-corrected chi connectivity index (χ0v) is 8.36. The molecule has 0 radical (unpaired) electrons. The molecule has 4 heteroatoms. The highest BCUT2D eigenvalue weighted by molar-refractivity contribution is 5.69. The molecule has 4 nitrogen and oxygen atoms in total. The highest BCUT2D eigenvalue weighted by atomic mass is 16.4. The van der Waals surface area contributed by atoms with E-state index in [1.165, 1.54) is 12.8 Å². The van der Waals surface area contributed by atoms with Crippen LogP contribution >= 0.6 is 0 Å². The second-order valence-electron chi connectivity index (χ2n) is 3.87. The van der Waals surface area contributed by atoms with Gasteiger partial charge in [-0.25, -0.2) is 0 Å². The van der Waals surface area contributed by atoms with Crippen LogP contribution in [0.1, 0.15) is 12.8 Å². The summed E-state index contributed by atoms with van der Waals surface area (Å²) in [6.45, 7) is 2.15. The molecule has 1 heterocycles. The summed E-state index contributed by atoms with van der Waals surface area (Å²) in [5, 5.41) is 8.57. The summed E-state index contributed by atoms with van der Waals surface area (Å²) in [5.41, 5.74) is 0. The number of likely N-dealkylation sites (N-methyl/N-ethyl adjacent to an activating group) is 2. The lowest BCUT2D eigenvalue weighted by atomic mass is 10.2. The van der Waals surface area contributed by atoms with Gasteiger partial charge in [-0.3, -0.25) is 9.69 Å². The van der Waals surface area contributed by atoms with Gasteiger partial charge < -0.3 is 10.0 Å². The quantitative estimate of drug-likeness (QED) is 0.676. The van der Waals surface area contributed by atoms with Crippen molar-refractivity contribution < 1.29 is 9.90 Å². The van der Waals surface area contributed by atoms with Crippen LogP contribution in [0.2, 0.25) is 0 Å². The van der Waals surface area contributed by atoms with Crippen molar-refractivity contribution in [2.24, 2.45) is 0 Å². The molecule has 1 rings (SSSR count). The van der Waals surface area contributed by atoms with Gasteiger partial charge in [-0.15, -0.1) is 0 Å². The van der Waals surface area contributed by atoms with Crippen LogP contribution < -0.4 is 0 Å². The van der Waals surface area contributed by atoms with Crippen LogP contribution in [0.4, 0.5) is 0 Å². The fourth-order valence-electron chi connectivity index (χ4n) is 1.87. The van der Waals surface area contributed by atoms with Crippen molar-refractivity contribution in [2.75, 3.05) is 33.7 Å². The Morgan fingerprint density at radius 2 is 2.38 bits per heavy atom. The highest BCUT2D eigenvalue weighted by Crippen LogP contribution is 2.14. The fraction of sp³-hybridized carbons (Fsp3) is 0.889. The van der Waals surface area contributed by atoms with Crippen molar-refractivity contribution in [3.63, 3.8) is 0 Å². The molecule has 0 aliphatic carbocycles. The molecule has 0 aromatic heterocycles. The van der Waals surface area contributed by atoms with E-state index in [1.54, 1.807) is 0 Å². The van der Waals surface area contributed by atoms with E-state index in [0.29, 0.717) is 6.04 Å². The Bertz CT molecular complexity index is 184. The minimum atomic E-state index is -0.747. The molecule has 1 fully saturated rings. The number of hydrogen-bond donors (Lipinski definition) is 1. The van der Waals surface area contributed by atoms with E-state index in [4.69, 9.17) is 5.11 Å². The van der Waals surface area contributed by atoms with Gasteiger partial charge in [-0.2, -0.15) is 0 Å². The van der Waals surface area contributed by atoms with Crippen LogP contribution in [0.3, 0.4) is 0 Å². The highest BCUT2D eigenvalue weighted by Gasteiger charge is 2.22. The molecule has 13 heavy (non-hydrogen) atoms. The Balaban J connectivity index is 2.26. The van der Waals surface area contributed by atoms with Gasteiger partial charge in [0, 0.05) is 12.6 Å². The average molecular weight is 186 g/mol. The van der Waals surface area contributed by atoms with Gasteiger partial charge in [0.1, 0.15) is 0 Å². The SMILES string of the molecule is CN(CC(=O)O)C[C@H]1CCCN1C. The molecular formula is C9H18N2O2. The van der Waals surface area contributed by atoms with Crippen molar-refractivity contribution in [3.8, 4) is 0 Å². The molecule has 1 saturated heterocycles. The molecule has 0 spiro atoms. The maximum absolute atomic E-state index is 10.4. The first-order valence-electron chi connectivity index (χ1n) is 4.70. The maximum atomic E-state index is 10.4. The normalized spacial score (nSPS) is 24.1. The topological polar surface area (TPSA) is 43.8 Å². The van der Waals surface area contributed by atoms with Gasteiger partial charge >= 0.3 is 5.97 Å². The molecule has 1 aliphatic heterocycles. The van der Waals surface area contributed by atoms with Crippen molar-refractivity contribution >= 4 is 5.97 Å². The van der Waals surface area contributed by atoms with Gasteiger partial charge in [0.2, 0.25) is 0 Å². The number of aliphatic carboxylic acids is 1. The van der Waals surface area contributed by atoms with E-state index in [-0.39, 0.29) is 6.54 Å². The molecule has 0 unspecified atom stereocenters. The number of nitrogens with zero attached hydrogens (tertiary/aromatic N) is 2. The first-order chi connectivity index (χ1) is 6.09. The van der Waals surface area contributed by atoms with Crippen LogP contribution in [0.5, 0.6) is 0 Å². The predicted octanol–water partition coefficient (Wildman–Crippen LogP) is 0.0970. The number of carboxylic acids is 1. The second kappa shape index (κ2) is 4.58. The number of likely N-dealkylation sites (tertiary alicyclic amines) is 1. The van der Waals surface area contributed by atoms with Crippen LogP contribution in [-0.4, -0.2) is 60.6 Å². The van der Waals surface area contributed by atoms with E-state index < -0.39 is 5.97 Å². The molecule has 76 valence electrons. The third kappa shape index (κ3) is 3.32. The van der Waals surface area contributed by atoms with Gasteiger partial charge in [-0.05, 0) is 33.5 Å². The molecule has 0 amide bonds. The first-order valence-corrected chi connectivity index (χ1v) is 4.70. The van der Waals surface area contributed by atoms with Crippen LogP contribution in [0.25, 0.3) is 0 Å². The second-order valence-corrected chi connectivity index (χ2v) is 3.87. The van der Waals surface area contributed by atoms with Gasteiger partial charge in [0.25, 0.3) is 0 Å². The summed E-state index contributed by atoms with van der Waals surface area (Å²) in [6.07, 6.45) is 2.43. The third-order valence-electron chi connectivity index (χ3n) is 2.60. The van der Waals surface area contributed by atoms with Crippen molar-refractivity contribution in [3.05, 3.63) is 0 Å². The van der Waals surface area contributed by atoms with Crippen LogP contribution in [-0.2, 0) is 4.79 Å². The van der Waals surface area contributed by atoms with E-state index >= 15 is 0 Å². The Morgan fingerprint density at radius 1 is 1.69 bits per heavy atom. The van der Waals surface area contributed by atoms with Gasteiger partial charge in [-0.1, -0.05) is 0 Å². The minimum absolute atomic E-state index is 0.143. The molecule has 0 saturated carbocycles. The Labute approximate surface area is 79.1 Å². The first kappa shape index (κ1) is 10.5. The zero-order valence-electron chi connectivity index (χ0n) is 8.36. The van der Waals surface area contributed by atoms with Crippen molar-refractivity contribution in [1.82, 2.24) is 9.80 Å². The summed E-state index contributed by atoms with van der Waals surface area (Å²) in [7, 11) is 3.96. The summed E-state index contributed by atoms with van der Waals surface area (Å²) in [4.78, 5) is 14.6. The maximum Gasteiger partial charge on any atom is 0.317 e. The van der Waals surface area contributed by atoms with Crippen LogP contribution in [0.15, 0.2) is 0 Å². The van der Waals surface area contributed by atoms with E-state index in [1.807, 2.05) is 11.9 Å². The Kier molecular flexibility index (Phi) is 3.69. The number of carbonyl (C=O) groups is 1. The number of hydrogen-bond acceptors (Lipinski definition) is 3. The molecule has 1 N–H and O–H groups in total. The van der Waals surface area contributed by atoms with Crippen molar-refractivity contribution in [2.45, 2.75) is 18.9 Å². The standard InChI is InChI=1S/C9H18N2O2/c1-10(7-9(12)13)6-8-4-3-5-11(8)2/h8H,3-7H2,1-2H3,(H,12,13)/t8-/m1/s1. The van der Waals surface area contributed by atoms with E-state index in [0.717, 1.165) is 13.1 Å². The lowest BCUT2D eigenvalue weighted by molar-refractivity contribution is -0.138. The Morgan fingerprint density at radius 3 is 2.85 bits per heavy atom. The van der Waals surface area contributed by atoms with Gasteiger partial charge in [0.05, 0.1) is 6.54 Å². The molecule has 0 aromatic rings. The summed E-state index contributed by atoms with van der Waals surface area (Å²) in [5.74, 6) is -0.747. The lowest BCUT2D eigenvalue weighted by Crippen LogP contribution is -2.38. The largest absolute Gasteiger partial charge is 0.480 e. The third-order valence-corrected chi connectivity index (χ3v) is 2.60. The number of rotatable bonds is 4. The Hall–Kier alpha value is -0.610.